The van der Waals surface area contributed by atoms with Crippen LogP contribution in [-0.4, -0.2) is 43.0 Å². The Balaban J connectivity index is 2.28. The van der Waals surface area contributed by atoms with Gasteiger partial charge >= 0.3 is 18.2 Å². The molecule has 0 saturated heterocycles. The van der Waals surface area contributed by atoms with E-state index in [9.17, 15) is 32.8 Å². The number of rotatable bonds is 6. The number of ether oxygens (including phenoxy) is 1. The smallest absolute Gasteiger partial charge is 0.416 e. The first-order valence-corrected chi connectivity index (χ1v) is 11.3. The number of alkyl halides is 3. The molecule has 8 nitrogen and oxygen atoms in total. The Morgan fingerprint density at radius 3 is 2.53 bits per heavy atom. The zero-order valence-corrected chi connectivity index (χ0v) is 20.7. The van der Waals surface area contributed by atoms with E-state index in [1.54, 1.807) is 6.92 Å². The number of carbonyl (C=O) groups is 3. The molecule has 0 saturated carbocycles. The maximum absolute atomic E-state index is 13.6. The van der Waals surface area contributed by atoms with Gasteiger partial charge in [0.2, 0.25) is 0 Å². The number of urea groups is 1. The van der Waals surface area contributed by atoms with Crippen molar-refractivity contribution in [2.75, 3.05) is 25.1 Å². The molecule has 0 aromatic heterocycles. The lowest BCUT2D eigenvalue weighted by molar-refractivity contribution is -0.139. The van der Waals surface area contributed by atoms with Crippen LogP contribution in [0.1, 0.15) is 46.9 Å². The number of nitrogens with one attached hydrogen (secondary N) is 1. The summed E-state index contributed by atoms with van der Waals surface area (Å²) in [5, 5.41) is 11.9. The molecule has 1 aliphatic rings. The summed E-state index contributed by atoms with van der Waals surface area (Å²) in [4.78, 5) is 41.9. The van der Waals surface area contributed by atoms with Crippen molar-refractivity contribution >= 4 is 23.6 Å². The Morgan fingerprint density at radius 2 is 1.92 bits per heavy atom. The first kappa shape index (κ1) is 27.8. The van der Waals surface area contributed by atoms with Crippen LogP contribution in [0.3, 0.4) is 0 Å². The predicted octanol–water partition coefficient (Wildman–Crippen LogP) is 4.39. The van der Waals surface area contributed by atoms with Gasteiger partial charge in [-0.1, -0.05) is 18.1 Å². The van der Waals surface area contributed by atoms with Crippen LogP contribution in [0, 0.1) is 23.7 Å². The molecule has 0 radical (unpaired) electrons. The third-order valence-electron chi connectivity index (χ3n) is 5.88. The lowest BCUT2D eigenvalue weighted by Gasteiger charge is -2.41. The van der Waals surface area contributed by atoms with Crippen LogP contribution in [0.4, 0.5) is 23.7 Å². The van der Waals surface area contributed by atoms with Gasteiger partial charge in [0.15, 0.2) is 0 Å². The molecule has 3 rings (SSSR count). The fourth-order valence-electron chi connectivity index (χ4n) is 4.17. The van der Waals surface area contributed by atoms with Gasteiger partial charge in [-0.2, -0.15) is 18.4 Å². The molecule has 1 aliphatic heterocycles. The summed E-state index contributed by atoms with van der Waals surface area (Å²) in [6, 6.07) is 8.32. The second-order valence-corrected chi connectivity index (χ2v) is 8.20. The third kappa shape index (κ3) is 5.32. The summed E-state index contributed by atoms with van der Waals surface area (Å²) in [5.41, 5.74) is -0.795. The maximum Gasteiger partial charge on any atom is 0.416 e. The number of allylic oxidation sites excluding steroid dienone is 1. The van der Waals surface area contributed by atoms with E-state index in [0.29, 0.717) is 0 Å². The Bertz CT molecular complexity index is 1400. The highest BCUT2D eigenvalue weighted by Gasteiger charge is 2.43. The largest absolute Gasteiger partial charge is 0.463 e. The monoisotopic (exact) mass is 524 g/mol. The molecule has 0 spiro atoms. The fourth-order valence-corrected chi connectivity index (χ4v) is 4.17. The van der Waals surface area contributed by atoms with Crippen molar-refractivity contribution in [2.45, 2.75) is 26.1 Å². The Morgan fingerprint density at radius 1 is 1.21 bits per heavy atom. The van der Waals surface area contributed by atoms with Crippen LogP contribution in [0.15, 0.2) is 53.7 Å². The van der Waals surface area contributed by atoms with E-state index in [4.69, 9.17) is 11.2 Å². The number of halogens is 3. The standard InChI is InChI=1S/C27H23F3N4O4/c1-5-12-32-24(35)21-13-17(15-31)10-11-20(21)23-22(25(36)38-6-2)16(3)34(26(37)33(23)4)19-9-7-8-18(14-19)27(28,29)30/h1,7-11,13-14,23H,6,12H2,2-4H3,(H,32,35). The second kappa shape index (κ2) is 11.1. The summed E-state index contributed by atoms with van der Waals surface area (Å²) < 4.78 is 45.4. The number of amides is 3. The van der Waals surface area contributed by atoms with Crippen molar-refractivity contribution in [1.82, 2.24) is 10.2 Å². The topological polar surface area (TPSA) is 103 Å². The van der Waals surface area contributed by atoms with Gasteiger partial charge in [-0.05, 0) is 49.7 Å². The van der Waals surface area contributed by atoms with Crippen molar-refractivity contribution in [2.24, 2.45) is 0 Å². The van der Waals surface area contributed by atoms with Gasteiger partial charge in [0.1, 0.15) is 0 Å². The highest BCUT2D eigenvalue weighted by Crippen LogP contribution is 2.41. The molecule has 0 aliphatic carbocycles. The molecule has 3 amide bonds. The molecular formula is C27H23F3N4O4. The minimum Gasteiger partial charge on any atom is -0.463 e. The molecule has 2 aromatic carbocycles. The molecule has 2 aromatic rings. The zero-order chi connectivity index (χ0) is 28.2. The molecule has 38 heavy (non-hydrogen) atoms. The van der Waals surface area contributed by atoms with E-state index < -0.39 is 35.7 Å². The summed E-state index contributed by atoms with van der Waals surface area (Å²) in [7, 11) is 1.35. The number of terminal acetylenes is 1. The number of benzene rings is 2. The van der Waals surface area contributed by atoms with Crippen LogP contribution in [0.5, 0.6) is 0 Å². The van der Waals surface area contributed by atoms with E-state index >= 15 is 0 Å². The van der Waals surface area contributed by atoms with Gasteiger partial charge in [0.25, 0.3) is 5.91 Å². The first-order valence-electron chi connectivity index (χ1n) is 11.3. The molecule has 0 bridgehead atoms. The summed E-state index contributed by atoms with van der Waals surface area (Å²) in [6.07, 6.45) is 0.580. The number of hydrogen-bond acceptors (Lipinski definition) is 5. The van der Waals surface area contributed by atoms with Crippen LogP contribution in [0.25, 0.3) is 0 Å². The Hall–Kier alpha value is -4.77. The minimum atomic E-state index is -4.66. The third-order valence-corrected chi connectivity index (χ3v) is 5.88. The van der Waals surface area contributed by atoms with Crippen LogP contribution < -0.4 is 10.2 Å². The van der Waals surface area contributed by atoms with Gasteiger partial charge in [-0.3, -0.25) is 9.69 Å². The highest BCUT2D eigenvalue weighted by molar-refractivity contribution is 6.04. The lowest BCUT2D eigenvalue weighted by Crippen LogP contribution is -2.49. The summed E-state index contributed by atoms with van der Waals surface area (Å²) in [5.74, 6) is 0.800. The fraction of sp³-hybridized carbons (Fsp3) is 0.259. The van der Waals surface area contributed by atoms with E-state index in [2.05, 4.69) is 11.2 Å². The first-order chi connectivity index (χ1) is 18.0. The minimum absolute atomic E-state index is 0.00827. The normalized spacial score (nSPS) is 15.6. The van der Waals surface area contributed by atoms with Gasteiger partial charge < -0.3 is 15.0 Å². The second-order valence-electron chi connectivity index (χ2n) is 8.20. The average molecular weight is 524 g/mol. The van der Waals surface area contributed by atoms with Gasteiger partial charge in [-0.15, -0.1) is 6.42 Å². The molecule has 1 unspecified atom stereocenters. The van der Waals surface area contributed by atoms with Crippen LogP contribution in [-0.2, 0) is 15.7 Å². The number of esters is 1. The van der Waals surface area contributed by atoms with Gasteiger partial charge in [-0.25, -0.2) is 9.59 Å². The van der Waals surface area contributed by atoms with Crippen LogP contribution in [0.2, 0.25) is 0 Å². The van der Waals surface area contributed by atoms with Gasteiger partial charge in [0.05, 0.1) is 47.7 Å². The molecule has 11 heteroatoms. The summed E-state index contributed by atoms with van der Waals surface area (Å²) >= 11 is 0. The Kier molecular flexibility index (Phi) is 8.12. The Labute approximate surface area is 217 Å². The van der Waals surface area contributed by atoms with E-state index in [-0.39, 0.29) is 46.8 Å². The predicted molar refractivity (Wildman–Crippen MR) is 131 cm³/mol. The molecule has 1 heterocycles. The van der Waals surface area contributed by atoms with Crippen molar-refractivity contribution in [3.63, 3.8) is 0 Å². The number of carbonyl (C=O) groups excluding carboxylic acids is 3. The number of nitrogens with zero attached hydrogens (tertiary/aromatic N) is 3. The van der Waals surface area contributed by atoms with Crippen LogP contribution >= 0.6 is 0 Å². The SMILES string of the molecule is C#CCNC(=O)c1cc(C#N)ccc1C1C(C(=O)OCC)=C(C)N(c2cccc(C(F)(F)F)c2)C(=O)N1C. The van der Waals surface area contributed by atoms with E-state index in [1.807, 2.05) is 6.07 Å². The number of likely N-dealkylation sites (N-methyl/N-ethyl adjacent to an activating group) is 1. The molecule has 1 atom stereocenters. The van der Waals surface area contributed by atoms with E-state index in [0.717, 1.165) is 28.0 Å². The zero-order valence-electron chi connectivity index (χ0n) is 20.7. The average Bonchev–Trinajstić information content (AvgIpc) is 2.88. The summed E-state index contributed by atoms with van der Waals surface area (Å²) in [6.45, 7) is 2.85. The number of anilines is 1. The van der Waals surface area contributed by atoms with Crippen molar-refractivity contribution in [1.29, 1.82) is 5.26 Å². The lowest BCUT2D eigenvalue weighted by atomic mass is 9.89. The number of nitriles is 1. The molecule has 196 valence electrons. The molecule has 1 N–H and O–H groups in total. The highest BCUT2D eigenvalue weighted by atomic mass is 19.4. The maximum atomic E-state index is 13.6. The molecule has 0 fully saturated rings. The van der Waals surface area contributed by atoms with Crippen molar-refractivity contribution < 1.29 is 32.3 Å². The van der Waals surface area contributed by atoms with Crippen molar-refractivity contribution in [3.8, 4) is 18.4 Å². The number of hydrogen-bond donors (Lipinski definition) is 1. The van der Waals surface area contributed by atoms with E-state index in [1.165, 1.54) is 38.2 Å². The van der Waals surface area contributed by atoms with Crippen molar-refractivity contribution in [3.05, 3.63) is 76.0 Å². The quantitative estimate of drug-likeness (QED) is 0.446. The molecular weight excluding hydrogens is 501 g/mol. The van der Waals surface area contributed by atoms with Gasteiger partial charge in [0, 0.05) is 18.3 Å².